The average molecular weight is 320 g/mol. The lowest BCUT2D eigenvalue weighted by molar-refractivity contribution is -0.123. The Labute approximate surface area is 137 Å². The number of aliphatic hydroxyl groups excluding tert-OH is 1. The third-order valence-corrected chi connectivity index (χ3v) is 4.45. The Balaban J connectivity index is 1.85. The van der Waals surface area contributed by atoms with E-state index in [1.807, 2.05) is 6.08 Å². The van der Waals surface area contributed by atoms with E-state index in [4.69, 9.17) is 0 Å². The Hall–Kier alpha value is -1.72. The second kappa shape index (κ2) is 8.22. The fourth-order valence-corrected chi connectivity index (χ4v) is 3.21. The number of allylic oxidation sites excluding steroid dienone is 1. The summed E-state index contributed by atoms with van der Waals surface area (Å²) in [6, 6.07) is 6.43. The van der Waals surface area contributed by atoms with E-state index in [-0.39, 0.29) is 36.8 Å². The summed E-state index contributed by atoms with van der Waals surface area (Å²) in [5, 5.41) is 12.5. The molecule has 0 spiro atoms. The van der Waals surface area contributed by atoms with Gasteiger partial charge in [-0.2, -0.15) is 0 Å². The Bertz CT molecular complexity index is 550. The summed E-state index contributed by atoms with van der Waals surface area (Å²) in [7, 11) is 0. The molecule has 0 saturated carbocycles. The van der Waals surface area contributed by atoms with Crippen molar-refractivity contribution in [3.8, 4) is 0 Å². The summed E-state index contributed by atoms with van der Waals surface area (Å²) in [4.78, 5) is 14.2. The lowest BCUT2D eigenvalue weighted by Crippen LogP contribution is -2.48. The van der Waals surface area contributed by atoms with Crippen LogP contribution in [0.1, 0.15) is 24.8 Å². The van der Waals surface area contributed by atoms with Gasteiger partial charge in [0.25, 0.3) is 0 Å². The predicted octanol–water partition coefficient (Wildman–Crippen LogP) is 2.09. The maximum absolute atomic E-state index is 13.5. The van der Waals surface area contributed by atoms with E-state index < -0.39 is 0 Å². The number of hydrogen-bond donors (Lipinski definition) is 2. The Morgan fingerprint density at radius 1 is 1.48 bits per heavy atom. The highest BCUT2D eigenvalue weighted by Gasteiger charge is 2.34. The van der Waals surface area contributed by atoms with Crippen LogP contribution in [0, 0.1) is 11.2 Å². The number of amides is 1. The molecule has 0 aliphatic carbocycles. The number of likely N-dealkylation sites (tertiary alicyclic amines) is 1. The summed E-state index contributed by atoms with van der Waals surface area (Å²) in [6.45, 7) is 5.85. The molecule has 1 atom stereocenters. The lowest BCUT2D eigenvalue weighted by atomic mass is 9.78. The third-order valence-electron chi connectivity index (χ3n) is 4.45. The molecule has 0 bridgehead atoms. The number of carbonyl (C=O) groups excluding carboxylic acids is 1. The second-order valence-electron chi connectivity index (χ2n) is 6.33. The highest BCUT2D eigenvalue weighted by Crippen LogP contribution is 2.33. The Morgan fingerprint density at radius 3 is 2.96 bits per heavy atom. The van der Waals surface area contributed by atoms with Crippen LogP contribution >= 0.6 is 0 Å². The van der Waals surface area contributed by atoms with Gasteiger partial charge in [0.15, 0.2) is 0 Å². The standard InChI is InChI=1S/C18H25FN2O2/c1-2-8-18(14-22)9-5-10-21(13-18)12-17(23)20-11-15-6-3-4-7-16(15)19/h2-4,6-7,22H,1,5,8-14H2,(H,20,23)/t18-/m0/s1. The van der Waals surface area contributed by atoms with Crippen LogP contribution in [0.5, 0.6) is 0 Å². The largest absolute Gasteiger partial charge is 0.396 e. The maximum atomic E-state index is 13.5. The molecule has 2 N–H and O–H groups in total. The molecule has 1 aliphatic heterocycles. The molecule has 1 aliphatic rings. The molecule has 126 valence electrons. The highest BCUT2D eigenvalue weighted by molar-refractivity contribution is 5.78. The number of nitrogens with one attached hydrogen (secondary N) is 1. The third kappa shape index (κ3) is 4.88. The van der Waals surface area contributed by atoms with Crippen LogP contribution in [0.25, 0.3) is 0 Å². The maximum Gasteiger partial charge on any atom is 0.234 e. The molecule has 2 rings (SSSR count). The van der Waals surface area contributed by atoms with Crippen molar-refractivity contribution in [1.82, 2.24) is 10.2 Å². The number of piperidine rings is 1. The molecule has 1 saturated heterocycles. The fourth-order valence-electron chi connectivity index (χ4n) is 3.21. The van der Waals surface area contributed by atoms with Crippen LogP contribution in [-0.2, 0) is 11.3 Å². The molecule has 23 heavy (non-hydrogen) atoms. The van der Waals surface area contributed by atoms with Gasteiger partial charge >= 0.3 is 0 Å². The van der Waals surface area contributed by atoms with E-state index in [1.54, 1.807) is 18.2 Å². The van der Waals surface area contributed by atoms with Crippen LogP contribution < -0.4 is 5.32 Å². The number of halogens is 1. The second-order valence-corrected chi connectivity index (χ2v) is 6.33. The van der Waals surface area contributed by atoms with Crippen LogP contribution in [-0.4, -0.2) is 42.2 Å². The summed E-state index contributed by atoms with van der Waals surface area (Å²) < 4.78 is 13.5. The van der Waals surface area contributed by atoms with Gasteiger partial charge < -0.3 is 10.4 Å². The van der Waals surface area contributed by atoms with E-state index in [2.05, 4.69) is 16.8 Å². The molecular formula is C18H25FN2O2. The van der Waals surface area contributed by atoms with E-state index in [1.165, 1.54) is 6.07 Å². The Morgan fingerprint density at radius 2 is 2.26 bits per heavy atom. The number of rotatable bonds is 7. The van der Waals surface area contributed by atoms with Crippen molar-refractivity contribution in [2.45, 2.75) is 25.8 Å². The predicted molar refractivity (Wildman–Crippen MR) is 88.3 cm³/mol. The molecule has 1 amide bonds. The monoisotopic (exact) mass is 320 g/mol. The minimum absolute atomic E-state index is 0.104. The van der Waals surface area contributed by atoms with Gasteiger partial charge in [-0.15, -0.1) is 6.58 Å². The smallest absolute Gasteiger partial charge is 0.234 e. The summed E-state index contributed by atoms with van der Waals surface area (Å²) in [5.41, 5.74) is 0.294. The molecule has 0 aromatic heterocycles. The van der Waals surface area contributed by atoms with Crippen molar-refractivity contribution in [2.75, 3.05) is 26.2 Å². The van der Waals surface area contributed by atoms with Gasteiger partial charge in [-0.1, -0.05) is 24.3 Å². The number of carbonyl (C=O) groups is 1. The number of hydrogen-bond acceptors (Lipinski definition) is 3. The molecule has 5 heteroatoms. The van der Waals surface area contributed by atoms with Gasteiger partial charge in [-0.3, -0.25) is 9.69 Å². The SMILES string of the molecule is C=CC[C@]1(CO)CCCN(CC(=O)NCc2ccccc2F)C1. The van der Waals surface area contributed by atoms with Gasteiger partial charge in [0.2, 0.25) is 5.91 Å². The summed E-state index contributed by atoms with van der Waals surface area (Å²) in [6.07, 6.45) is 4.48. The van der Waals surface area contributed by atoms with Crippen LogP contribution in [0.3, 0.4) is 0 Å². The van der Waals surface area contributed by atoms with Gasteiger partial charge in [-0.25, -0.2) is 4.39 Å². The Kier molecular flexibility index (Phi) is 6.30. The van der Waals surface area contributed by atoms with Crippen molar-refractivity contribution in [3.63, 3.8) is 0 Å². The lowest BCUT2D eigenvalue weighted by Gasteiger charge is -2.41. The zero-order chi connectivity index (χ0) is 16.7. The molecular weight excluding hydrogens is 295 g/mol. The van der Waals surface area contributed by atoms with Gasteiger partial charge in [0, 0.05) is 24.1 Å². The zero-order valence-corrected chi connectivity index (χ0v) is 13.4. The molecule has 1 fully saturated rings. The highest BCUT2D eigenvalue weighted by atomic mass is 19.1. The van der Waals surface area contributed by atoms with Crippen LogP contribution in [0.15, 0.2) is 36.9 Å². The molecule has 1 aromatic rings. The van der Waals surface area contributed by atoms with E-state index in [0.717, 1.165) is 25.8 Å². The number of aliphatic hydroxyl groups is 1. The summed E-state index contributed by atoms with van der Waals surface area (Å²) in [5.74, 6) is -0.434. The van der Waals surface area contributed by atoms with Crippen molar-refractivity contribution < 1.29 is 14.3 Å². The van der Waals surface area contributed by atoms with E-state index in [9.17, 15) is 14.3 Å². The topological polar surface area (TPSA) is 52.6 Å². The first-order chi connectivity index (χ1) is 11.1. The normalized spacial score (nSPS) is 21.8. The molecule has 4 nitrogen and oxygen atoms in total. The quantitative estimate of drug-likeness (QED) is 0.757. The number of benzene rings is 1. The van der Waals surface area contributed by atoms with Crippen molar-refractivity contribution in [1.29, 1.82) is 0 Å². The van der Waals surface area contributed by atoms with Crippen LogP contribution in [0.2, 0.25) is 0 Å². The van der Waals surface area contributed by atoms with Crippen molar-refractivity contribution in [2.24, 2.45) is 5.41 Å². The van der Waals surface area contributed by atoms with Crippen molar-refractivity contribution in [3.05, 3.63) is 48.3 Å². The molecule has 1 aromatic carbocycles. The van der Waals surface area contributed by atoms with Crippen molar-refractivity contribution >= 4 is 5.91 Å². The van der Waals surface area contributed by atoms with Gasteiger partial charge in [0.05, 0.1) is 13.2 Å². The summed E-state index contributed by atoms with van der Waals surface area (Å²) >= 11 is 0. The van der Waals surface area contributed by atoms with Crippen LogP contribution in [0.4, 0.5) is 4.39 Å². The first kappa shape index (κ1) is 17.6. The minimum Gasteiger partial charge on any atom is -0.396 e. The van der Waals surface area contributed by atoms with Gasteiger partial charge in [-0.05, 0) is 31.9 Å². The zero-order valence-electron chi connectivity index (χ0n) is 13.4. The average Bonchev–Trinajstić information content (AvgIpc) is 2.55. The fraction of sp³-hybridized carbons (Fsp3) is 0.500. The minimum atomic E-state index is -0.309. The molecule has 0 unspecified atom stereocenters. The molecule has 1 heterocycles. The number of nitrogens with zero attached hydrogens (tertiary/aromatic N) is 1. The van der Waals surface area contributed by atoms with E-state index >= 15 is 0 Å². The molecule has 0 radical (unpaired) electrons. The van der Waals surface area contributed by atoms with E-state index in [0.29, 0.717) is 12.1 Å². The first-order valence-corrected chi connectivity index (χ1v) is 8.03. The first-order valence-electron chi connectivity index (χ1n) is 8.03. The van der Waals surface area contributed by atoms with Gasteiger partial charge in [0.1, 0.15) is 5.82 Å².